The smallest absolute Gasteiger partial charge is 0.134 e. The summed E-state index contributed by atoms with van der Waals surface area (Å²) in [6, 6.07) is 3.58. The van der Waals surface area contributed by atoms with Crippen LogP contribution in [-0.4, -0.2) is 25.9 Å². The van der Waals surface area contributed by atoms with Gasteiger partial charge in [0, 0.05) is 13.2 Å². The molecule has 1 aromatic rings. The van der Waals surface area contributed by atoms with E-state index < -0.39 is 0 Å². The molecule has 0 bridgehead atoms. The predicted molar refractivity (Wildman–Crippen MR) is 57.5 cm³/mol. The first-order valence-corrected chi connectivity index (χ1v) is 5.08. The van der Waals surface area contributed by atoms with Gasteiger partial charge in [0.2, 0.25) is 0 Å². The molecule has 1 rings (SSSR count). The monoisotopic (exact) mass is 213 g/mol. The van der Waals surface area contributed by atoms with Gasteiger partial charge in [-0.05, 0) is 26.0 Å². The molecule has 3 unspecified atom stereocenters. The van der Waals surface area contributed by atoms with Gasteiger partial charge in [0.05, 0.1) is 19.0 Å². The number of ether oxygens (including phenoxy) is 2. The number of hydrogen-bond acceptors (Lipinski definition) is 4. The van der Waals surface area contributed by atoms with Gasteiger partial charge in [-0.2, -0.15) is 0 Å². The average molecular weight is 213 g/mol. The molecule has 86 valence electrons. The minimum atomic E-state index is -0.217. The van der Waals surface area contributed by atoms with Crippen LogP contribution in [0.1, 0.15) is 25.7 Å². The molecule has 1 heterocycles. The SMILES string of the molecule is COCC(C)OC(c1ccco1)C(C)N. The minimum absolute atomic E-state index is 0.00361. The third-order valence-electron chi connectivity index (χ3n) is 2.08. The van der Waals surface area contributed by atoms with Gasteiger partial charge >= 0.3 is 0 Å². The summed E-state index contributed by atoms with van der Waals surface area (Å²) in [6.07, 6.45) is 1.40. The summed E-state index contributed by atoms with van der Waals surface area (Å²) in [6.45, 7) is 4.39. The van der Waals surface area contributed by atoms with Gasteiger partial charge in [0.15, 0.2) is 0 Å². The van der Waals surface area contributed by atoms with E-state index in [9.17, 15) is 0 Å². The van der Waals surface area contributed by atoms with Crippen LogP contribution in [0.4, 0.5) is 0 Å². The molecular formula is C11H19NO3. The molecule has 0 aliphatic carbocycles. The van der Waals surface area contributed by atoms with Crippen molar-refractivity contribution in [2.45, 2.75) is 32.1 Å². The fourth-order valence-corrected chi connectivity index (χ4v) is 1.43. The summed E-state index contributed by atoms with van der Waals surface area (Å²) in [5.74, 6) is 0.757. The number of methoxy groups -OCH3 is 1. The molecule has 0 saturated heterocycles. The Labute approximate surface area is 90.3 Å². The van der Waals surface area contributed by atoms with Gasteiger partial charge in [-0.25, -0.2) is 0 Å². The minimum Gasteiger partial charge on any atom is -0.467 e. The average Bonchev–Trinajstić information content (AvgIpc) is 2.66. The maximum absolute atomic E-state index is 5.85. The molecular weight excluding hydrogens is 194 g/mol. The highest BCUT2D eigenvalue weighted by Gasteiger charge is 2.22. The molecule has 0 aromatic carbocycles. The van der Waals surface area contributed by atoms with E-state index in [1.54, 1.807) is 13.4 Å². The molecule has 15 heavy (non-hydrogen) atoms. The van der Waals surface area contributed by atoms with Crippen LogP contribution in [-0.2, 0) is 9.47 Å². The number of hydrogen-bond donors (Lipinski definition) is 1. The lowest BCUT2D eigenvalue weighted by Gasteiger charge is -2.23. The predicted octanol–water partition coefficient (Wildman–Crippen LogP) is 1.72. The molecule has 0 radical (unpaired) electrons. The Morgan fingerprint density at radius 3 is 2.67 bits per heavy atom. The van der Waals surface area contributed by atoms with Crippen molar-refractivity contribution in [1.29, 1.82) is 0 Å². The van der Waals surface area contributed by atoms with Gasteiger partial charge in [-0.15, -0.1) is 0 Å². The van der Waals surface area contributed by atoms with Crippen molar-refractivity contribution in [3.63, 3.8) is 0 Å². The molecule has 0 aliphatic heterocycles. The highest BCUT2D eigenvalue weighted by atomic mass is 16.5. The van der Waals surface area contributed by atoms with E-state index in [1.165, 1.54) is 0 Å². The highest BCUT2D eigenvalue weighted by molar-refractivity contribution is 5.04. The maximum atomic E-state index is 5.85. The third kappa shape index (κ3) is 3.66. The second kappa shape index (κ2) is 5.90. The lowest BCUT2D eigenvalue weighted by molar-refractivity contribution is -0.0562. The Balaban J connectivity index is 2.59. The highest BCUT2D eigenvalue weighted by Crippen LogP contribution is 2.22. The van der Waals surface area contributed by atoms with E-state index in [2.05, 4.69) is 0 Å². The van der Waals surface area contributed by atoms with Gasteiger partial charge in [0.25, 0.3) is 0 Å². The topological polar surface area (TPSA) is 57.6 Å². The fraction of sp³-hybridized carbons (Fsp3) is 0.636. The van der Waals surface area contributed by atoms with Crippen molar-refractivity contribution in [2.24, 2.45) is 5.73 Å². The Bertz CT molecular complexity index is 259. The first-order valence-electron chi connectivity index (χ1n) is 5.08. The summed E-state index contributed by atoms with van der Waals surface area (Å²) in [5.41, 5.74) is 5.85. The summed E-state index contributed by atoms with van der Waals surface area (Å²) in [4.78, 5) is 0. The summed E-state index contributed by atoms with van der Waals surface area (Å²) < 4.78 is 16.0. The van der Waals surface area contributed by atoms with Crippen LogP contribution < -0.4 is 5.73 Å². The van der Waals surface area contributed by atoms with Gasteiger partial charge in [-0.3, -0.25) is 0 Å². The number of nitrogens with two attached hydrogens (primary N) is 1. The van der Waals surface area contributed by atoms with Gasteiger partial charge in [0.1, 0.15) is 11.9 Å². The Kier molecular flexibility index (Phi) is 4.81. The second-order valence-electron chi connectivity index (χ2n) is 3.70. The van der Waals surface area contributed by atoms with Crippen molar-refractivity contribution in [3.8, 4) is 0 Å². The molecule has 1 aromatic heterocycles. The van der Waals surface area contributed by atoms with Crippen LogP contribution in [0, 0.1) is 0 Å². The molecule has 0 fully saturated rings. The lowest BCUT2D eigenvalue weighted by Crippen LogP contribution is -2.30. The van der Waals surface area contributed by atoms with Crippen LogP contribution in [0.25, 0.3) is 0 Å². The normalized spacial score (nSPS) is 17.3. The first-order chi connectivity index (χ1) is 7.15. The van der Waals surface area contributed by atoms with E-state index in [-0.39, 0.29) is 18.2 Å². The van der Waals surface area contributed by atoms with Crippen molar-refractivity contribution < 1.29 is 13.9 Å². The van der Waals surface area contributed by atoms with Crippen LogP contribution in [0.2, 0.25) is 0 Å². The van der Waals surface area contributed by atoms with E-state index in [0.29, 0.717) is 6.61 Å². The van der Waals surface area contributed by atoms with Crippen LogP contribution >= 0.6 is 0 Å². The first kappa shape index (κ1) is 12.2. The zero-order valence-corrected chi connectivity index (χ0v) is 9.47. The van der Waals surface area contributed by atoms with Crippen molar-refractivity contribution in [3.05, 3.63) is 24.2 Å². The molecule has 4 nitrogen and oxygen atoms in total. The van der Waals surface area contributed by atoms with E-state index in [0.717, 1.165) is 5.76 Å². The Morgan fingerprint density at radius 2 is 2.20 bits per heavy atom. The lowest BCUT2D eigenvalue weighted by atomic mass is 10.1. The van der Waals surface area contributed by atoms with E-state index in [1.807, 2.05) is 26.0 Å². The maximum Gasteiger partial charge on any atom is 0.134 e. The zero-order chi connectivity index (χ0) is 11.3. The standard InChI is InChI=1S/C11H19NO3/c1-8(7-13-3)15-11(9(2)12)10-5-4-6-14-10/h4-6,8-9,11H,7,12H2,1-3H3. The number of rotatable bonds is 6. The molecule has 0 aliphatic rings. The molecule has 2 N–H and O–H groups in total. The summed E-state index contributed by atoms with van der Waals surface area (Å²) in [7, 11) is 1.65. The van der Waals surface area contributed by atoms with Crippen molar-refractivity contribution >= 4 is 0 Å². The quantitative estimate of drug-likeness (QED) is 0.781. The molecule has 0 amide bonds. The van der Waals surface area contributed by atoms with Crippen LogP contribution in [0.3, 0.4) is 0 Å². The molecule has 0 spiro atoms. The van der Waals surface area contributed by atoms with Crippen LogP contribution in [0.5, 0.6) is 0 Å². The van der Waals surface area contributed by atoms with E-state index >= 15 is 0 Å². The summed E-state index contributed by atoms with van der Waals surface area (Å²) >= 11 is 0. The van der Waals surface area contributed by atoms with E-state index in [4.69, 9.17) is 19.6 Å². The van der Waals surface area contributed by atoms with Crippen molar-refractivity contribution in [2.75, 3.05) is 13.7 Å². The Morgan fingerprint density at radius 1 is 1.47 bits per heavy atom. The van der Waals surface area contributed by atoms with Crippen molar-refractivity contribution in [1.82, 2.24) is 0 Å². The summed E-state index contributed by atoms with van der Waals surface area (Å²) in [5, 5.41) is 0. The fourth-order valence-electron chi connectivity index (χ4n) is 1.43. The van der Waals surface area contributed by atoms with Gasteiger partial charge in [-0.1, -0.05) is 0 Å². The second-order valence-corrected chi connectivity index (χ2v) is 3.70. The third-order valence-corrected chi connectivity index (χ3v) is 2.08. The molecule has 3 atom stereocenters. The van der Waals surface area contributed by atoms with Crippen LogP contribution in [0.15, 0.2) is 22.8 Å². The molecule has 0 saturated carbocycles. The van der Waals surface area contributed by atoms with Gasteiger partial charge < -0.3 is 19.6 Å². The Hall–Kier alpha value is -0.840. The molecule has 4 heteroatoms. The number of furan rings is 1. The zero-order valence-electron chi connectivity index (χ0n) is 9.47. The largest absolute Gasteiger partial charge is 0.467 e.